The van der Waals surface area contributed by atoms with E-state index in [-0.39, 0.29) is 23.7 Å². The molecule has 0 amide bonds. The predicted molar refractivity (Wildman–Crippen MR) is 68.0 cm³/mol. The van der Waals surface area contributed by atoms with E-state index >= 15 is 0 Å². The van der Waals surface area contributed by atoms with Gasteiger partial charge in [0, 0.05) is 23.7 Å². The molecule has 0 N–H and O–H groups in total. The molecule has 0 aromatic heterocycles. The van der Waals surface area contributed by atoms with Crippen LogP contribution in [0.1, 0.15) is 51.4 Å². The van der Waals surface area contributed by atoms with Crippen LogP contribution >= 0.6 is 0 Å². The summed E-state index contributed by atoms with van der Waals surface area (Å²) in [6.07, 6.45) is 9.13. The van der Waals surface area contributed by atoms with Crippen molar-refractivity contribution in [2.45, 2.75) is 51.4 Å². The quantitative estimate of drug-likeness (QED) is 0.720. The van der Waals surface area contributed by atoms with Gasteiger partial charge in [-0.15, -0.1) is 0 Å². The van der Waals surface area contributed by atoms with Crippen molar-refractivity contribution in [3.05, 3.63) is 0 Å². The number of carbonyl (C=O) groups is 3. The second kappa shape index (κ2) is 6.26. The highest BCUT2D eigenvalue weighted by Crippen LogP contribution is 2.35. The van der Waals surface area contributed by atoms with Gasteiger partial charge in [-0.2, -0.15) is 0 Å². The molecule has 3 heteroatoms. The maximum absolute atomic E-state index is 12.4. The first kappa shape index (κ1) is 13.4. The van der Waals surface area contributed by atoms with Gasteiger partial charge in [-0.25, -0.2) is 0 Å². The van der Waals surface area contributed by atoms with Crippen molar-refractivity contribution in [3.8, 4) is 0 Å². The Bertz CT molecular complexity index is 278. The van der Waals surface area contributed by atoms with Gasteiger partial charge < -0.3 is 9.59 Å². The number of carbonyl (C=O) groups excluding carboxylic acids is 3. The van der Waals surface area contributed by atoms with E-state index in [9.17, 15) is 14.4 Å². The first-order valence-electron chi connectivity index (χ1n) is 7.19. The molecule has 0 radical (unpaired) electrons. The molecule has 0 bridgehead atoms. The largest absolute Gasteiger partial charge is 0.303 e. The van der Waals surface area contributed by atoms with E-state index in [1.165, 1.54) is 0 Å². The van der Waals surface area contributed by atoms with Gasteiger partial charge in [-0.05, 0) is 51.4 Å². The van der Waals surface area contributed by atoms with E-state index in [0.29, 0.717) is 5.78 Å². The van der Waals surface area contributed by atoms with Crippen LogP contribution in [-0.2, 0) is 14.4 Å². The van der Waals surface area contributed by atoms with Gasteiger partial charge in [0.1, 0.15) is 18.4 Å². The average Bonchev–Trinajstić information content (AvgIpc) is 2.47. The lowest BCUT2D eigenvalue weighted by molar-refractivity contribution is -0.130. The van der Waals surface area contributed by atoms with Gasteiger partial charge in [-0.1, -0.05) is 0 Å². The van der Waals surface area contributed by atoms with Crippen LogP contribution in [0.3, 0.4) is 0 Å². The number of Topliss-reactive ketones (excluding diaryl/α,β-unsaturated/α-hetero) is 1. The van der Waals surface area contributed by atoms with Crippen molar-refractivity contribution in [2.24, 2.45) is 23.7 Å². The lowest BCUT2D eigenvalue weighted by Crippen LogP contribution is -2.30. The number of ketones is 1. The second-order valence-corrected chi connectivity index (χ2v) is 5.90. The molecule has 2 saturated carbocycles. The molecular weight excluding hydrogens is 228 g/mol. The second-order valence-electron chi connectivity index (χ2n) is 5.90. The average molecular weight is 250 g/mol. The van der Waals surface area contributed by atoms with E-state index in [1.54, 1.807) is 0 Å². The van der Waals surface area contributed by atoms with Crippen molar-refractivity contribution in [1.29, 1.82) is 0 Å². The Kier molecular flexibility index (Phi) is 4.67. The smallest absolute Gasteiger partial charge is 0.139 e. The molecule has 2 aliphatic carbocycles. The fourth-order valence-electron chi connectivity index (χ4n) is 3.41. The van der Waals surface area contributed by atoms with Gasteiger partial charge in [0.05, 0.1) is 0 Å². The summed E-state index contributed by atoms with van der Waals surface area (Å²) < 4.78 is 0. The molecule has 0 aromatic carbocycles. The van der Waals surface area contributed by atoms with E-state index in [0.717, 1.165) is 63.9 Å². The maximum Gasteiger partial charge on any atom is 0.139 e. The number of hydrogen-bond acceptors (Lipinski definition) is 3. The summed E-state index contributed by atoms with van der Waals surface area (Å²) in [7, 11) is 0. The van der Waals surface area contributed by atoms with Crippen LogP contribution in [0.15, 0.2) is 0 Å². The third-order valence-corrected chi connectivity index (χ3v) is 4.73. The molecule has 0 aromatic rings. The molecule has 0 saturated heterocycles. The molecule has 0 atom stereocenters. The Balaban J connectivity index is 1.81. The Morgan fingerprint density at radius 3 is 1.28 bits per heavy atom. The van der Waals surface area contributed by atoms with Crippen molar-refractivity contribution in [2.75, 3.05) is 0 Å². The van der Waals surface area contributed by atoms with Gasteiger partial charge in [0.2, 0.25) is 0 Å². The fraction of sp³-hybridized carbons (Fsp3) is 0.800. The monoisotopic (exact) mass is 250 g/mol. The normalized spacial score (nSPS) is 36.9. The van der Waals surface area contributed by atoms with Crippen molar-refractivity contribution in [1.82, 2.24) is 0 Å². The molecular formula is C15H22O3. The van der Waals surface area contributed by atoms with Crippen molar-refractivity contribution in [3.63, 3.8) is 0 Å². The van der Waals surface area contributed by atoms with Crippen LogP contribution in [0.5, 0.6) is 0 Å². The molecule has 2 rings (SSSR count). The molecule has 0 unspecified atom stereocenters. The lowest BCUT2D eigenvalue weighted by atomic mass is 9.73. The lowest BCUT2D eigenvalue weighted by Gasteiger charge is -2.30. The minimum Gasteiger partial charge on any atom is -0.303 e. The summed E-state index contributed by atoms with van der Waals surface area (Å²) in [5, 5.41) is 0. The van der Waals surface area contributed by atoms with Crippen LogP contribution in [-0.4, -0.2) is 18.4 Å². The third kappa shape index (κ3) is 3.06. The molecule has 0 spiro atoms. The number of rotatable bonds is 4. The molecule has 2 fully saturated rings. The maximum atomic E-state index is 12.4. The summed E-state index contributed by atoms with van der Waals surface area (Å²) in [6.45, 7) is 0. The summed E-state index contributed by atoms with van der Waals surface area (Å²) in [5.41, 5.74) is 0. The van der Waals surface area contributed by atoms with Gasteiger partial charge in [0.25, 0.3) is 0 Å². The van der Waals surface area contributed by atoms with E-state index < -0.39 is 0 Å². The summed E-state index contributed by atoms with van der Waals surface area (Å²) in [5.74, 6) is 1.13. The van der Waals surface area contributed by atoms with Crippen molar-refractivity contribution >= 4 is 18.4 Å². The highest BCUT2D eigenvalue weighted by molar-refractivity contribution is 5.83. The van der Waals surface area contributed by atoms with Crippen LogP contribution in [0.25, 0.3) is 0 Å². The SMILES string of the molecule is O=CC1CCC(C(=O)C2CCC(C=O)CC2)CC1. The molecule has 100 valence electrons. The third-order valence-electron chi connectivity index (χ3n) is 4.73. The molecule has 3 nitrogen and oxygen atoms in total. The highest BCUT2D eigenvalue weighted by Gasteiger charge is 2.32. The van der Waals surface area contributed by atoms with E-state index in [4.69, 9.17) is 0 Å². The van der Waals surface area contributed by atoms with Crippen LogP contribution in [0.2, 0.25) is 0 Å². The minimum atomic E-state index is 0.180. The first-order valence-corrected chi connectivity index (χ1v) is 7.19. The van der Waals surface area contributed by atoms with E-state index in [1.807, 2.05) is 0 Å². The summed E-state index contributed by atoms with van der Waals surface area (Å²) in [4.78, 5) is 33.7. The zero-order valence-electron chi connectivity index (χ0n) is 10.8. The van der Waals surface area contributed by atoms with Gasteiger partial charge >= 0.3 is 0 Å². The van der Waals surface area contributed by atoms with Crippen molar-refractivity contribution < 1.29 is 14.4 Å². The Morgan fingerprint density at radius 2 is 1.00 bits per heavy atom. The number of aldehydes is 2. The highest BCUT2D eigenvalue weighted by atomic mass is 16.1. The molecule has 18 heavy (non-hydrogen) atoms. The summed E-state index contributed by atoms with van der Waals surface area (Å²) >= 11 is 0. The Morgan fingerprint density at radius 1 is 0.667 bits per heavy atom. The first-order chi connectivity index (χ1) is 8.74. The Labute approximate surface area is 108 Å². The number of hydrogen-bond donors (Lipinski definition) is 0. The fourth-order valence-corrected chi connectivity index (χ4v) is 3.41. The molecule has 2 aliphatic rings. The molecule has 0 aliphatic heterocycles. The predicted octanol–water partition coefficient (Wildman–Crippen LogP) is 2.57. The summed E-state index contributed by atoms with van der Waals surface area (Å²) in [6, 6.07) is 0. The zero-order valence-corrected chi connectivity index (χ0v) is 10.8. The Hall–Kier alpha value is -0.990. The minimum absolute atomic E-state index is 0.180. The van der Waals surface area contributed by atoms with E-state index in [2.05, 4.69) is 0 Å². The topological polar surface area (TPSA) is 51.2 Å². The van der Waals surface area contributed by atoms with Crippen LogP contribution in [0, 0.1) is 23.7 Å². The van der Waals surface area contributed by atoms with Gasteiger partial charge in [0.15, 0.2) is 0 Å². The van der Waals surface area contributed by atoms with Crippen LogP contribution in [0.4, 0.5) is 0 Å². The molecule has 0 heterocycles. The van der Waals surface area contributed by atoms with Gasteiger partial charge in [-0.3, -0.25) is 4.79 Å². The van der Waals surface area contributed by atoms with Crippen LogP contribution < -0.4 is 0 Å². The standard InChI is InChI=1S/C15H22O3/c16-9-11-1-5-13(6-2-11)15(18)14-7-3-12(10-17)4-8-14/h9-14H,1-8H2. The zero-order chi connectivity index (χ0) is 13.0.